The van der Waals surface area contributed by atoms with Gasteiger partial charge in [0.05, 0.1) is 18.1 Å². The van der Waals surface area contributed by atoms with Gasteiger partial charge in [-0.3, -0.25) is 9.69 Å². The highest BCUT2D eigenvalue weighted by atomic mass is 32.2. The molecule has 0 aromatic rings. The number of sulfone groups is 1. The maximum Gasteiger partial charge on any atom is 0.317 e. The molecule has 0 spiro atoms. The molecule has 3 N–H and O–H groups in total. The van der Waals surface area contributed by atoms with Crippen LogP contribution in [0.25, 0.3) is 0 Å². The normalized spacial score (nSPS) is 23.8. The topological polar surface area (TPSA) is 101 Å². The summed E-state index contributed by atoms with van der Waals surface area (Å²) in [5.74, 6) is -0.692. The lowest BCUT2D eigenvalue weighted by molar-refractivity contribution is -0.138. The molecule has 1 heterocycles. The first-order valence-electron chi connectivity index (χ1n) is 5.31. The average Bonchev–Trinajstić information content (AvgIpc) is 2.52. The number of carbonyl (C=O) groups is 1. The third-order valence-corrected chi connectivity index (χ3v) is 4.46. The van der Waals surface area contributed by atoms with Crippen molar-refractivity contribution in [3.8, 4) is 0 Å². The largest absolute Gasteiger partial charge is 0.480 e. The minimum Gasteiger partial charge on any atom is -0.480 e. The van der Waals surface area contributed by atoms with E-state index in [0.29, 0.717) is 25.9 Å². The maximum absolute atomic E-state index is 11.3. The third kappa shape index (κ3) is 4.07. The van der Waals surface area contributed by atoms with Crippen LogP contribution in [-0.2, 0) is 14.6 Å². The monoisotopic (exact) mass is 250 g/mol. The first-order valence-corrected chi connectivity index (χ1v) is 7.13. The summed E-state index contributed by atoms with van der Waals surface area (Å²) in [5.41, 5.74) is 5.37. The molecule has 0 bridgehead atoms. The Morgan fingerprint density at radius 2 is 2.19 bits per heavy atom. The second kappa shape index (κ2) is 5.60. The smallest absolute Gasteiger partial charge is 0.317 e. The second-order valence-corrected chi connectivity index (χ2v) is 6.29. The Balaban J connectivity index is 2.58. The molecule has 1 rings (SSSR count). The van der Waals surface area contributed by atoms with E-state index >= 15 is 0 Å². The van der Waals surface area contributed by atoms with E-state index in [2.05, 4.69) is 0 Å². The van der Waals surface area contributed by atoms with E-state index in [9.17, 15) is 13.2 Å². The number of hydrogen-bond acceptors (Lipinski definition) is 5. The number of nitrogens with two attached hydrogens (primary N) is 1. The summed E-state index contributed by atoms with van der Waals surface area (Å²) in [6.45, 7) is 0.915. The predicted molar refractivity (Wildman–Crippen MR) is 59.9 cm³/mol. The summed E-state index contributed by atoms with van der Waals surface area (Å²) in [6.07, 6.45) is 1.21. The molecule has 1 aliphatic rings. The predicted octanol–water partition coefficient (Wildman–Crippen LogP) is -1.09. The van der Waals surface area contributed by atoms with Gasteiger partial charge < -0.3 is 10.8 Å². The van der Waals surface area contributed by atoms with E-state index in [4.69, 9.17) is 10.8 Å². The highest BCUT2D eigenvalue weighted by Gasteiger charge is 2.32. The molecule has 7 heteroatoms. The van der Waals surface area contributed by atoms with Gasteiger partial charge in [0.15, 0.2) is 9.84 Å². The molecule has 6 nitrogen and oxygen atoms in total. The molecule has 1 saturated heterocycles. The molecule has 1 atom stereocenters. The minimum absolute atomic E-state index is 0.0743. The van der Waals surface area contributed by atoms with Crippen molar-refractivity contribution in [2.45, 2.75) is 18.9 Å². The van der Waals surface area contributed by atoms with E-state index in [1.54, 1.807) is 4.90 Å². The molecule has 0 saturated carbocycles. The van der Waals surface area contributed by atoms with Crippen LogP contribution in [0.2, 0.25) is 0 Å². The van der Waals surface area contributed by atoms with Crippen LogP contribution in [0.5, 0.6) is 0 Å². The van der Waals surface area contributed by atoms with Crippen molar-refractivity contribution >= 4 is 15.8 Å². The van der Waals surface area contributed by atoms with Gasteiger partial charge >= 0.3 is 5.97 Å². The SMILES string of the molecule is NCCCN(CC(=O)O)C1CCS(=O)(=O)C1. The highest BCUT2D eigenvalue weighted by Crippen LogP contribution is 2.17. The van der Waals surface area contributed by atoms with Gasteiger partial charge in [0, 0.05) is 12.6 Å². The Hall–Kier alpha value is -0.660. The van der Waals surface area contributed by atoms with Crippen molar-refractivity contribution in [3.63, 3.8) is 0 Å². The standard InChI is InChI=1S/C9H18N2O4S/c10-3-1-4-11(6-9(12)13)8-2-5-16(14,15)7-8/h8H,1-7,10H2,(H,12,13). The van der Waals surface area contributed by atoms with E-state index in [0.717, 1.165) is 0 Å². The van der Waals surface area contributed by atoms with Crippen LogP contribution in [0.15, 0.2) is 0 Å². The van der Waals surface area contributed by atoms with Gasteiger partial charge in [-0.25, -0.2) is 8.42 Å². The first kappa shape index (κ1) is 13.4. The summed E-state index contributed by atoms with van der Waals surface area (Å²) in [7, 11) is -2.97. The van der Waals surface area contributed by atoms with Crippen molar-refractivity contribution in [2.24, 2.45) is 5.73 Å². The lowest BCUT2D eigenvalue weighted by Crippen LogP contribution is -2.41. The minimum atomic E-state index is -2.97. The summed E-state index contributed by atoms with van der Waals surface area (Å²) in [5, 5.41) is 8.75. The van der Waals surface area contributed by atoms with Crippen molar-refractivity contribution in [1.29, 1.82) is 0 Å². The van der Waals surface area contributed by atoms with Crippen molar-refractivity contribution < 1.29 is 18.3 Å². The molecule has 0 aromatic heterocycles. The Morgan fingerprint density at radius 1 is 1.50 bits per heavy atom. The molecule has 16 heavy (non-hydrogen) atoms. The van der Waals surface area contributed by atoms with Gasteiger partial charge in [-0.1, -0.05) is 0 Å². The van der Waals surface area contributed by atoms with Crippen LogP contribution in [0, 0.1) is 0 Å². The molecule has 0 amide bonds. The van der Waals surface area contributed by atoms with Crippen LogP contribution in [-0.4, -0.2) is 61.6 Å². The van der Waals surface area contributed by atoms with Crippen molar-refractivity contribution in [1.82, 2.24) is 4.90 Å². The Morgan fingerprint density at radius 3 is 2.62 bits per heavy atom. The molecule has 0 aromatic carbocycles. The zero-order chi connectivity index (χ0) is 12.2. The quantitative estimate of drug-likeness (QED) is 0.621. The summed E-state index contributed by atoms with van der Waals surface area (Å²) in [4.78, 5) is 12.4. The van der Waals surface area contributed by atoms with E-state index in [1.807, 2.05) is 0 Å². The number of rotatable bonds is 6. The van der Waals surface area contributed by atoms with E-state index < -0.39 is 15.8 Å². The van der Waals surface area contributed by atoms with Crippen LogP contribution in [0.4, 0.5) is 0 Å². The second-order valence-electron chi connectivity index (χ2n) is 4.06. The van der Waals surface area contributed by atoms with Crippen LogP contribution >= 0.6 is 0 Å². The van der Waals surface area contributed by atoms with Crippen molar-refractivity contribution in [2.75, 3.05) is 31.1 Å². The number of carboxylic acid groups (broad SMARTS) is 1. The fraction of sp³-hybridized carbons (Fsp3) is 0.889. The number of aliphatic carboxylic acids is 1. The Kier molecular flexibility index (Phi) is 4.69. The molecule has 0 aliphatic carbocycles. The molecule has 0 radical (unpaired) electrons. The summed E-state index contributed by atoms with van der Waals surface area (Å²) >= 11 is 0. The van der Waals surface area contributed by atoms with Gasteiger partial charge in [0.1, 0.15) is 0 Å². The summed E-state index contributed by atoms with van der Waals surface area (Å²) < 4.78 is 22.6. The lowest BCUT2D eigenvalue weighted by Gasteiger charge is -2.25. The van der Waals surface area contributed by atoms with E-state index in [1.165, 1.54) is 0 Å². The number of nitrogens with zero attached hydrogens (tertiary/aromatic N) is 1. The van der Waals surface area contributed by atoms with Crippen molar-refractivity contribution in [3.05, 3.63) is 0 Å². The fourth-order valence-electron chi connectivity index (χ4n) is 1.92. The third-order valence-electron chi connectivity index (χ3n) is 2.71. The molecular formula is C9H18N2O4S. The van der Waals surface area contributed by atoms with Gasteiger partial charge in [-0.2, -0.15) is 0 Å². The maximum atomic E-state index is 11.3. The highest BCUT2D eigenvalue weighted by molar-refractivity contribution is 7.91. The Labute approximate surface area is 95.3 Å². The molecule has 1 aliphatic heterocycles. The average molecular weight is 250 g/mol. The summed E-state index contributed by atoms with van der Waals surface area (Å²) in [6, 6.07) is -0.160. The van der Waals surface area contributed by atoms with Crippen LogP contribution < -0.4 is 5.73 Å². The lowest BCUT2D eigenvalue weighted by atomic mass is 10.2. The van der Waals surface area contributed by atoms with Crippen LogP contribution in [0.3, 0.4) is 0 Å². The molecule has 1 fully saturated rings. The number of hydrogen-bond donors (Lipinski definition) is 2. The van der Waals surface area contributed by atoms with Gasteiger partial charge in [0.25, 0.3) is 0 Å². The van der Waals surface area contributed by atoms with E-state index in [-0.39, 0.29) is 24.1 Å². The molecule has 94 valence electrons. The Bertz CT molecular complexity index is 341. The van der Waals surface area contributed by atoms with Crippen LogP contribution in [0.1, 0.15) is 12.8 Å². The molecular weight excluding hydrogens is 232 g/mol. The first-order chi connectivity index (χ1) is 7.44. The molecule has 1 unspecified atom stereocenters. The van der Waals surface area contributed by atoms with Gasteiger partial charge in [0.2, 0.25) is 0 Å². The van der Waals surface area contributed by atoms with Gasteiger partial charge in [-0.15, -0.1) is 0 Å². The zero-order valence-electron chi connectivity index (χ0n) is 9.13. The number of carboxylic acids is 1. The fourth-order valence-corrected chi connectivity index (χ4v) is 3.68. The van der Waals surface area contributed by atoms with Gasteiger partial charge in [-0.05, 0) is 19.4 Å². The zero-order valence-corrected chi connectivity index (χ0v) is 9.95.